The number of carbonyl (C=O) groups excluding carboxylic acids is 2. The number of benzene rings is 2. The Morgan fingerprint density at radius 1 is 1.15 bits per heavy atom. The molecule has 0 bridgehead atoms. The Kier molecular flexibility index (Phi) is 6.16. The minimum Gasteiger partial charge on any atom is -0.447 e. The van der Waals surface area contributed by atoms with E-state index in [0.717, 1.165) is 5.69 Å². The van der Waals surface area contributed by atoms with Crippen LogP contribution in [0.1, 0.15) is 29.0 Å². The molecule has 10 heteroatoms. The highest BCUT2D eigenvalue weighted by Crippen LogP contribution is 2.31. The standard InChI is InChI=1S/C23H21N5O5/c1-15(17-6-4-5-11-24-17)25-19-10-9-16(14-21(19)28(31)32)22(29)26-18-7-2-3-8-20(18)27-12-13-33-23(27)30/h2-11,14-15,25H,12-13H2,1H3,(H,26,29). The van der Waals surface area contributed by atoms with Crippen LogP contribution in [0.5, 0.6) is 0 Å². The monoisotopic (exact) mass is 447 g/mol. The van der Waals surface area contributed by atoms with E-state index in [0.29, 0.717) is 17.9 Å². The van der Waals surface area contributed by atoms with Crippen molar-refractivity contribution in [3.8, 4) is 0 Å². The molecule has 0 spiro atoms. The van der Waals surface area contributed by atoms with Crippen molar-refractivity contribution in [2.24, 2.45) is 0 Å². The van der Waals surface area contributed by atoms with Crippen LogP contribution in [0.15, 0.2) is 66.9 Å². The zero-order valence-electron chi connectivity index (χ0n) is 17.7. The maximum Gasteiger partial charge on any atom is 0.414 e. The van der Waals surface area contributed by atoms with Crippen molar-refractivity contribution < 1.29 is 19.2 Å². The van der Waals surface area contributed by atoms with Crippen molar-refractivity contribution in [1.82, 2.24) is 4.98 Å². The Hall–Kier alpha value is -4.47. The lowest BCUT2D eigenvalue weighted by Gasteiger charge is -2.18. The largest absolute Gasteiger partial charge is 0.447 e. The first-order valence-electron chi connectivity index (χ1n) is 10.2. The van der Waals surface area contributed by atoms with Crippen molar-refractivity contribution in [2.45, 2.75) is 13.0 Å². The first-order valence-corrected chi connectivity index (χ1v) is 10.2. The number of para-hydroxylation sites is 2. The van der Waals surface area contributed by atoms with Crippen molar-refractivity contribution in [3.05, 3.63) is 88.2 Å². The van der Waals surface area contributed by atoms with Crippen LogP contribution in [0.25, 0.3) is 0 Å². The normalized spacial score (nSPS) is 13.8. The van der Waals surface area contributed by atoms with Gasteiger partial charge in [0.2, 0.25) is 0 Å². The molecule has 2 N–H and O–H groups in total. The van der Waals surface area contributed by atoms with Gasteiger partial charge in [-0.1, -0.05) is 18.2 Å². The lowest BCUT2D eigenvalue weighted by Crippen LogP contribution is -2.25. The topological polar surface area (TPSA) is 127 Å². The molecule has 33 heavy (non-hydrogen) atoms. The number of rotatable bonds is 7. The van der Waals surface area contributed by atoms with Crippen molar-refractivity contribution in [3.63, 3.8) is 0 Å². The van der Waals surface area contributed by atoms with E-state index in [9.17, 15) is 19.7 Å². The van der Waals surface area contributed by atoms with Gasteiger partial charge in [-0.3, -0.25) is 24.8 Å². The summed E-state index contributed by atoms with van der Waals surface area (Å²) >= 11 is 0. The second kappa shape index (κ2) is 9.35. The van der Waals surface area contributed by atoms with E-state index >= 15 is 0 Å². The van der Waals surface area contributed by atoms with E-state index in [-0.39, 0.29) is 29.6 Å². The van der Waals surface area contributed by atoms with Gasteiger partial charge < -0.3 is 15.4 Å². The molecule has 2 amide bonds. The SMILES string of the molecule is CC(Nc1ccc(C(=O)Nc2ccccc2N2CCOC2=O)cc1[N+](=O)[O-])c1ccccn1. The number of cyclic esters (lactones) is 1. The Labute approximate surface area is 189 Å². The molecule has 2 aromatic carbocycles. The highest BCUT2D eigenvalue weighted by atomic mass is 16.6. The maximum atomic E-state index is 12.9. The number of nitro benzene ring substituents is 1. The van der Waals surface area contributed by atoms with E-state index in [1.807, 2.05) is 19.1 Å². The molecular weight excluding hydrogens is 426 g/mol. The summed E-state index contributed by atoms with van der Waals surface area (Å²) in [5.74, 6) is -0.539. The van der Waals surface area contributed by atoms with Gasteiger partial charge in [0, 0.05) is 17.8 Å². The molecular formula is C23H21N5O5. The van der Waals surface area contributed by atoms with Gasteiger partial charge in [0.1, 0.15) is 12.3 Å². The molecule has 1 aromatic heterocycles. The van der Waals surface area contributed by atoms with Crippen LogP contribution in [0, 0.1) is 10.1 Å². The predicted molar refractivity (Wildman–Crippen MR) is 122 cm³/mol. The van der Waals surface area contributed by atoms with Crippen LogP contribution in [0.3, 0.4) is 0 Å². The number of nitrogens with zero attached hydrogens (tertiary/aromatic N) is 3. The van der Waals surface area contributed by atoms with Crippen LogP contribution in [-0.4, -0.2) is 35.1 Å². The number of nitrogens with one attached hydrogen (secondary N) is 2. The fraction of sp³-hybridized carbons (Fsp3) is 0.174. The van der Waals surface area contributed by atoms with Gasteiger partial charge in [-0.25, -0.2) is 4.79 Å². The lowest BCUT2D eigenvalue weighted by atomic mass is 10.1. The number of amides is 2. The van der Waals surface area contributed by atoms with E-state index in [1.165, 1.54) is 23.1 Å². The summed E-state index contributed by atoms with van der Waals surface area (Å²) < 4.78 is 4.97. The molecule has 0 aliphatic carbocycles. The average molecular weight is 447 g/mol. The molecule has 2 heterocycles. The summed E-state index contributed by atoms with van der Waals surface area (Å²) in [6.07, 6.45) is 1.15. The minimum absolute atomic E-state index is 0.108. The number of anilines is 3. The summed E-state index contributed by atoms with van der Waals surface area (Å²) in [5.41, 5.74) is 1.76. The Morgan fingerprint density at radius 3 is 2.64 bits per heavy atom. The van der Waals surface area contributed by atoms with Gasteiger partial charge in [0.25, 0.3) is 11.6 Å². The third-order valence-corrected chi connectivity index (χ3v) is 5.16. The summed E-state index contributed by atoms with van der Waals surface area (Å²) in [6, 6.07) is 16.2. The molecule has 1 saturated heterocycles. The van der Waals surface area contributed by atoms with Gasteiger partial charge in [-0.2, -0.15) is 0 Å². The zero-order chi connectivity index (χ0) is 23.4. The fourth-order valence-corrected chi connectivity index (χ4v) is 3.51. The summed E-state index contributed by atoms with van der Waals surface area (Å²) in [5, 5.41) is 17.5. The third-order valence-electron chi connectivity index (χ3n) is 5.16. The molecule has 10 nitrogen and oxygen atoms in total. The zero-order valence-corrected chi connectivity index (χ0v) is 17.7. The number of aromatic nitrogens is 1. The predicted octanol–water partition coefficient (Wildman–Crippen LogP) is 4.37. The van der Waals surface area contributed by atoms with E-state index in [1.54, 1.807) is 36.5 Å². The fourth-order valence-electron chi connectivity index (χ4n) is 3.51. The van der Waals surface area contributed by atoms with Gasteiger partial charge in [0.05, 0.1) is 34.6 Å². The Morgan fingerprint density at radius 2 is 1.94 bits per heavy atom. The molecule has 1 aliphatic heterocycles. The molecule has 1 unspecified atom stereocenters. The van der Waals surface area contributed by atoms with Crippen LogP contribution >= 0.6 is 0 Å². The molecule has 3 aromatic rings. The molecule has 1 atom stereocenters. The second-order valence-corrected chi connectivity index (χ2v) is 7.35. The number of hydrogen-bond donors (Lipinski definition) is 2. The average Bonchev–Trinajstić information content (AvgIpc) is 3.25. The van der Waals surface area contributed by atoms with Crippen LogP contribution < -0.4 is 15.5 Å². The molecule has 1 aliphatic rings. The highest BCUT2D eigenvalue weighted by molar-refractivity contribution is 6.08. The lowest BCUT2D eigenvalue weighted by molar-refractivity contribution is -0.384. The van der Waals surface area contributed by atoms with Gasteiger partial charge in [0.15, 0.2) is 0 Å². The van der Waals surface area contributed by atoms with Crippen molar-refractivity contribution in [1.29, 1.82) is 0 Å². The van der Waals surface area contributed by atoms with Crippen LogP contribution in [-0.2, 0) is 4.74 Å². The van der Waals surface area contributed by atoms with Gasteiger partial charge in [-0.15, -0.1) is 0 Å². The van der Waals surface area contributed by atoms with Gasteiger partial charge >= 0.3 is 6.09 Å². The summed E-state index contributed by atoms with van der Waals surface area (Å²) in [4.78, 5) is 41.7. The van der Waals surface area contributed by atoms with Crippen LogP contribution in [0.4, 0.5) is 27.5 Å². The molecule has 0 saturated carbocycles. The summed E-state index contributed by atoms with van der Waals surface area (Å²) in [7, 11) is 0. The Bertz CT molecular complexity index is 1200. The Balaban J connectivity index is 1.56. The number of nitro groups is 1. The second-order valence-electron chi connectivity index (χ2n) is 7.35. The molecule has 4 rings (SSSR count). The number of pyridine rings is 1. The van der Waals surface area contributed by atoms with E-state index in [2.05, 4.69) is 15.6 Å². The smallest absolute Gasteiger partial charge is 0.414 e. The minimum atomic E-state index is -0.543. The first kappa shape index (κ1) is 21.8. The number of hydrogen-bond acceptors (Lipinski definition) is 7. The van der Waals surface area contributed by atoms with E-state index in [4.69, 9.17) is 4.74 Å². The molecule has 1 fully saturated rings. The molecule has 0 radical (unpaired) electrons. The summed E-state index contributed by atoms with van der Waals surface area (Å²) in [6.45, 7) is 2.47. The number of carbonyl (C=O) groups is 2. The third kappa shape index (κ3) is 4.74. The van der Waals surface area contributed by atoms with Gasteiger partial charge in [-0.05, 0) is 43.3 Å². The van der Waals surface area contributed by atoms with Crippen molar-refractivity contribution >= 4 is 34.7 Å². The van der Waals surface area contributed by atoms with Crippen LogP contribution in [0.2, 0.25) is 0 Å². The molecule has 168 valence electrons. The highest BCUT2D eigenvalue weighted by Gasteiger charge is 2.26. The first-order chi connectivity index (χ1) is 15.9. The number of ether oxygens (including phenoxy) is 1. The quantitative estimate of drug-likeness (QED) is 0.407. The van der Waals surface area contributed by atoms with E-state index < -0.39 is 16.9 Å². The van der Waals surface area contributed by atoms with Crippen molar-refractivity contribution in [2.75, 3.05) is 28.7 Å². The maximum absolute atomic E-state index is 12.9.